The number of nitrogens with zero attached hydrogens (tertiary/aromatic N) is 3. The van der Waals surface area contributed by atoms with Crippen molar-refractivity contribution in [2.24, 2.45) is 5.92 Å². The van der Waals surface area contributed by atoms with E-state index in [0.717, 1.165) is 70.0 Å². The third-order valence-electron chi connectivity index (χ3n) is 9.35. The van der Waals surface area contributed by atoms with Crippen molar-refractivity contribution in [1.82, 2.24) is 15.1 Å². The van der Waals surface area contributed by atoms with Crippen molar-refractivity contribution in [3.63, 3.8) is 0 Å². The number of carbonyl (C=O) groups excluding carboxylic acids is 3. The molecule has 212 valence electrons. The number of likely N-dealkylation sites (tertiary alicyclic amines) is 1. The van der Waals surface area contributed by atoms with Crippen LogP contribution in [0.2, 0.25) is 0 Å². The third kappa shape index (κ3) is 5.58. The summed E-state index contributed by atoms with van der Waals surface area (Å²) in [6, 6.07) is 7.28. The highest BCUT2D eigenvalue weighted by molar-refractivity contribution is 5.99. The van der Waals surface area contributed by atoms with E-state index >= 15 is 0 Å². The van der Waals surface area contributed by atoms with Gasteiger partial charge in [-0.15, -0.1) is 0 Å². The van der Waals surface area contributed by atoms with Gasteiger partial charge in [0.25, 0.3) is 5.91 Å². The first-order chi connectivity index (χ1) is 19.0. The first-order valence-corrected chi connectivity index (χ1v) is 15.0. The van der Waals surface area contributed by atoms with Crippen molar-refractivity contribution in [3.05, 3.63) is 29.8 Å². The second kappa shape index (κ2) is 11.6. The van der Waals surface area contributed by atoms with Crippen LogP contribution in [0.15, 0.2) is 24.3 Å². The molecule has 9 heteroatoms. The van der Waals surface area contributed by atoms with Crippen LogP contribution < -0.4 is 10.2 Å². The summed E-state index contributed by atoms with van der Waals surface area (Å²) in [4.78, 5) is 46.8. The lowest BCUT2D eigenvalue weighted by molar-refractivity contribution is -0.139. The summed E-state index contributed by atoms with van der Waals surface area (Å²) in [5.74, 6) is -0.455. The number of hydrogen-bond donors (Lipinski definition) is 1. The van der Waals surface area contributed by atoms with Crippen LogP contribution in [-0.2, 0) is 19.1 Å². The van der Waals surface area contributed by atoms with Crippen molar-refractivity contribution in [3.8, 4) is 0 Å². The predicted molar refractivity (Wildman–Crippen MR) is 147 cm³/mol. The SMILES string of the molecule is CCO[C@H]1CN(C(=O)[C@@H](NC(=O)c2ccc(N3CCN(C4CC4)CC3)cc2)C2CCCCC2)[C@@H]2C(=O)CO[C@H]12. The van der Waals surface area contributed by atoms with Gasteiger partial charge in [0, 0.05) is 50.1 Å². The Morgan fingerprint density at radius 1 is 1.03 bits per heavy atom. The topological polar surface area (TPSA) is 91.4 Å². The van der Waals surface area contributed by atoms with Gasteiger partial charge in [0.1, 0.15) is 30.9 Å². The van der Waals surface area contributed by atoms with E-state index < -0.39 is 18.2 Å². The molecule has 0 aromatic heterocycles. The number of Topliss-reactive ketones (excluding diaryl/α,β-unsaturated/α-hetero) is 1. The summed E-state index contributed by atoms with van der Waals surface area (Å²) in [7, 11) is 0. The van der Waals surface area contributed by atoms with Crippen LogP contribution in [0.3, 0.4) is 0 Å². The molecule has 4 atom stereocenters. The van der Waals surface area contributed by atoms with Gasteiger partial charge in [0.15, 0.2) is 5.78 Å². The van der Waals surface area contributed by atoms with Crippen LogP contribution in [0, 0.1) is 5.92 Å². The van der Waals surface area contributed by atoms with Gasteiger partial charge in [-0.3, -0.25) is 19.3 Å². The lowest BCUT2D eigenvalue weighted by Gasteiger charge is -2.36. The Labute approximate surface area is 231 Å². The van der Waals surface area contributed by atoms with Crippen LogP contribution in [0.25, 0.3) is 0 Å². The van der Waals surface area contributed by atoms with Crippen LogP contribution >= 0.6 is 0 Å². The third-order valence-corrected chi connectivity index (χ3v) is 9.35. The number of ketones is 1. The number of piperazine rings is 1. The Morgan fingerprint density at radius 3 is 2.41 bits per heavy atom. The average molecular weight is 539 g/mol. The molecule has 1 N–H and O–H groups in total. The maximum Gasteiger partial charge on any atom is 0.251 e. The highest BCUT2D eigenvalue weighted by atomic mass is 16.6. The first-order valence-electron chi connectivity index (χ1n) is 15.0. The summed E-state index contributed by atoms with van der Waals surface area (Å²) in [5, 5.41) is 3.10. The van der Waals surface area contributed by atoms with Gasteiger partial charge in [-0.05, 0) is 62.8 Å². The Morgan fingerprint density at radius 2 is 1.74 bits per heavy atom. The van der Waals surface area contributed by atoms with E-state index in [1.807, 2.05) is 31.2 Å². The Balaban J connectivity index is 1.15. The highest BCUT2D eigenvalue weighted by Gasteiger charge is 2.54. The molecule has 9 nitrogen and oxygen atoms in total. The molecule has 2 aliphatic carbocycles. The minimum Gasteiger partial charge on any atom is -0.374 e. The number of ether oxygens (including phenoxy) is 2. The smallest absolute Gasteiger partial charge is 0.251 e. The number of fused-ring (bicyclic) bond motifs is 1. The lowest BCUT2D eigenvalue weighted by atomic mass is 9.83. The molecule has 5 fully saturated rings. The normalized spacial score (nSPS) is 28.9. The monoisotopic (exact) mass is 538 g/mol. The van der Waals surface area contributed by atoms with E-state index in [9.17, 15) is 14.4 Å². The lowest BCUT2D eigenvalue weighted by Crippen LogP contribution is -2.55. The molecule has 6 rings (SSSR count). The number of rotatable bonds is 8. The molecule has 2 saturated carbocycles. The van der Waals surface area contributed by atoms with Crippen molar-refractivity contribution in [2.45, 2.75) is 82.2 Å². The largest absolute Gasteiger partial charge is 0.374 e. The molecule has 0 unspecified atom stereocenters. The van der Waals surface area contributed by atoms with Gasteiger partial charge in [-0.2, -0.15) is 0 Å². The quantitative estimate of drug-likeness (QED) is 0.543. The summed E-state index contributed by atoms with van der Waals surface area (Å²) in [5.41, 5.74) is 1.68. The summed E-state index contributed by atoms with van der Waals surface area (Å²) >= 11 is 0. The first kappa shape index (κ1) is 26.7. The van der Waals surface area contributed by atoms with Gasteiger partial charge in [0.05, 0.1) is 6.54 Å². The van der Waals surface area contributed by atoms with Gasteiger partial charge >= 0.3 is 0 Å². The van der Waals surface area contributed by atoms with E-state index in [2.05, 4.69) is 15.1 Å². The Bertz CT molecular complexity index is 1050. The fraction of sp³-hybridized carbons (Fsp3) is 0.700. The summed E-state index contributed by atoms with van der Waals surface area (Å²) in [6.45, 7) is 6.90. The fourth-order valence-corrected chi connectivity index (χ4v) is 7.06. The van der Waals surface area contributed by atoms with Crippen molar-refractivity contribution in [1.29, 1.82) is 0 Å². The van der Waals surface area contributed by atoms with E-state index in [0.29, 0.717) is 18.7 Å². The zero-order chi connectivity index (χ0) is 26.9. The van der Waals surface area contributed by atoms with E-state index in [1.165, 1.54) is 12.8 Å². The van der Waals surface area contributed by atoms with Crippen molar-refractivity contribution in [2.75, 3.05) is 50.8 Å². The minimum atomic E-state index is -0.664. The molecule has 2 amide bonds. The molecule has 1 aromatic carbocycles. The second-order valence-corrected chi connectivity index (χ2v) is 11.8. The summed E-state index contributed by atoms with van der Waals surface area (Å²) < 4.78 is 11.6. The predicted octanol–water partition coefficient (Wildman–Crippen LogP) is 2.23. The number of anilines is 1. The highest BCUT2D eigenvalue weighted by Crippen LogP contribution is 2.33. The average Bonchev–Trinajstić information content (AvgIpc) is 3.67. The molecular formula is C30H42N4O5. The van der Waals surface area contributed by atoms with Gasteiger partial charge in [-0.1, -0.05) is 19.3 Å². The van der Waals surface area contributed by atoms with Gasteiger partial charge in [0.2, 0.25) is 5.91 Å². The molecule has 3 aliphatic heterocycles. The molecule has 39 heavy (non-hydrogen) atoms. The molecule has 0 radical (unpaired) electrons. The van der Waals surface area contributed by atoms with Crippen LogP contribution in [0.1, 0.15) is 62.2 Å². The van der Waals surface area contributed by atoms with E-state index in [4.69, 9.17) is 9.47 Å². The number of hydrogen-bond acceptors (Lipinski definition) is 7. The molecule has 1 aromatic rings. The zero-order valence-electron chi connectivity index (χ0n) is 23.1. The van der Waals surface area contributed by atoms with Crippen molar-refractivity contribution < 1.29 is 23.9 Å². The van der Waals surface area contributed by atoms with E-state index in [-0.39, 0.29) is 36.2 Å². The minimum absolute atomic E-state index is 0.00508. The molecule has 0 spiro atoms. The van der Waals surface area contributed by atoms with Crippen molar-refractivity contribution >= 4 is 23.3 Å². The standard InChI is InChI=1S/C30H42N4O5/c1-2-38-25-18-34(27-24(35)19-39-28(25)27)30(37)26(20-6-4-3-5-7-20)31-29(36)21-8-10-22(11-9-21)32-14-16-33(17-15-32)23-12-13-23/h8-11,20,23,25-28H,2-7,12-19H2,1H3,(H,31,36)/t25-,26-,27+,28+/m0/s1. The van der Waals surface area contributed by atoms with Gasteiger partial charge in [-0.25, -0.2) is 0 Å². The Kier molecular flexibility index (Phi) is 7.91. The molecule has 3 heterocycles. The maximum atomic E-state index is 14.0. The summed E-state index contributed by atoms with van der Waals surface area (Å²) in [6.07, 6.45) is 6.95. The number of carbonyl (C=O) groups is 3. The molecule has 0 bridgehead atoms. The number of benzene rings is 1. The molecular weight excluding hydrogens is 496 g/mol. The fourth-order valence-electron chi connectivity index (χ4n) is 7.06. The molecule has 3 saturated heterocycles. The molecule has 5 aliphatic rings. The van der Waals surface area contributed by atoms with Crippen LogP contribution in [0.4, 0.5) is 5.69 Å². The van der Waals surface area contributed by atoms with Crippen LogP contribution in [0.5, 0.6) is 0 Å². The van der Waals surface area contributed by atoms with E-state index in [1.54, 1.807) is 4.90 Å². The number of amides is 2. The van der Waals surface area contributed by atoms with Crippen LogP contribution in [-0.4, -0.2) is 104 Å². The maximum absolute atomic E-state index is 14.0. The number of nitrogens with one attached hydrogen (secondary N) is 1. The second-order valence-electron chi connectivity index (χ2n) is 11.8. The Hall–Kier alpha value is -2.49. The van der Waals surface area contributed by atoms with Gasteiger partial charge < -0.3 is 24.6 Å². The zero-order valence-corrected chi connectivity index (χ0v) is 23.1.